The number of carboxylic acids is 1. The third-order valence-corrected chi connectivity index (χ3v) is 5.19. The average molecular weight is 372 g/mol. The first-order valence-corrected chi connectivity index (χ1v) is 10.9. The predicted octanol–water partition coefficient (Wildman–Crippen LogP) is 4.49. The van der Waals surface area contributed by atoms with Crippen molar-refractivity contribution in [3.8, 4) is 0 Å². The molecule has 0 aromatic heterocycles. The largest absolute Gasteiger partial charge is 0.480 e. The smallest absolute Gasteiger partial charge is 0.320 e. The van der Waals surface area contributed by atoms with E-state index in [2.05, 4.69) is 6.92 Å². The van der Waals surface area contributed by atoms with Crippen LogP contribution >= 0.6 is 0 Å². The van der Waals surface area contributed by atoms with Crippen molar-refractivity contribution in [3.05, 3.63) is 0 Å². The number of carbonyl (C=O) groups is 1. The van der Waals surface area contributed by atoms with Gasteiger partial charge in [-0.2, -0.15) is 0 Å². The molecule has 1 saturated heterocycles. The first-order chi connectivity index (χ1) is 12.8. The van der Waals surface area contributed by atoms with Gasteiger partial charge in [-0.1, -0.05) is 64.7 Å². The molecule has 1 N–H and O–H groups in total. The van der Waals surface area contributed by atoms with E-state index in [9.17, 15) is 4.79 Å². The van der Waals surface area contributed by atoms with E-state index in [0.29, 0.717) is 26.4 Å². The van der Waals surface area contributed by atoms with E-state index in [4.69, 9.17) is 14.6 Å². The Bertz CT molecular complexity index is 338. The number of nitrogens with zero attached hydrogens (tertiary/aromatic N) is 1. The molecule has 154 valence electrons. The molecule has 1 unspecified atom stereocenters. The first kappa shape index (κ1) is 23.4. The Morgan fingerprint density at radius 1 is 0.885 bits per heavy atom. The summed E-state index contributed by atoms with van der Waals surface area (Å²) in [5, 5.41) is 9.12. The summed E-state index contributed by atoms with van der Waals surface area (Å²) < 4.78 is 11.2. The van der Waals surface area contributed by atoms with Gasteiger partial charge in [-0.25, -0.2) is 0 Å². The van der Waals surface area contributed by atoms with E-state index >= 15 is 0 Å². The molecule has 1 rings (SSSR count). The van der Waals surface area contributed by atoms with Crippen molar-refractivity contribution in [2.45, 2.75) is 90.0 Å². The van der Waals surface area contributed by atoms with Crippen LogP contribution in [0.5, 0.6) is 0 Å². The first-order valence-electron chi connectivity index (χ1n) is 10.9. The minimum atomic E-state index is -0.706. The van der Waals surface area contributed by atoms with Crippen molar-refractivity contribution in [3.63, 3.8) is 0 Å². The lowest BCUT2D eigenvalue weighted by molar-refractivity contribution is -0.142. The van der Waals surface area contributed by atoms with Gasteiger partial charge < -0.3 is 14.6 Å². The summed E-state index contributed by atoms with van der Waals surface area (Å²) in [6.07, 6.45) is 15.2. The molecule has 0 amide bonds. The zero-order chi connectivity index (χ0) is 18.9. The van der Waals surface area contributed by atoms with Crippen molar-refractivity contribution in [2.75, 3.05) is 39.5 Å². The highest BCUT2D eigenvalue weighted by atomic mass is 16.5. The highest BCUT2D eigenvalue weighted by molar-refractivity contribution is 5.73. The molecule has 26 heavy (non-hydrogen) atoms. The van der Waals surface area contributed by atoms with Crippen molar-refractivity contribution in [2.24, 2.45) is 0 Å². The molecule has 0 saturated carbocycles. The fourth-order valence-electron chi connectivity index (χ4n) is 3.57. The molecule has 1 atom stereocenters. The molecule has 1 aliphatic rings. The summed E-state index contributed by atoms with van der Waals surface area (Å²) in [5.41, 5.74) is 0. The van der Waals surface area contributed by atoms with Gasteiger partial charge in [0.15, 0.2) is 0 Å². The van der Waals surface area contributed by atoms with Crippen LogP contribution in [0.2, 0.25) is 0 Å². The highest BCUT2D eigenvalue weighted by Gasteiger charge is 2.29. The lowest BCUT2D eigenvalue weighted by Crippen LogP contribution is -2.38. The standard InChI is InChI=1S/C21H41NO4/c1-2-3-4-5-6-7-8-9-10-11-16-25-18-19-26-17-15-22-14-12-13-20(22)21(23)24/h20H,2-19H2,1H3,(H,23,24). The fraction of sp³-hybridized carbons (Fsp3) is 0.952. The molecule has 0 spiro atoms. The monoisotopic (exact) mass is 371 g/mol. The number of hydrogen-bond acceptors (Lipinski definition) is 4. The molecule has 0 bridgehead atoms. The number of likely N-dealkylation sites (tertiary alicyclic amines) is 1. The number of hydrogen-bond donors (Lipinski definition) is 1. The fourth-order valence-corrected chi connectivity index (χ4v) is 3.57. The van der Waals surface area contributed by atoms with E-state index in [-0.39, 0.29) is 6.04 Å². The van der Waals surface area contributed by atoms with Crippen molar-refractivity contribution >= 4 is 5.97 Å². The molecule has 5 nitrogen and oxygen atoms in total. The van der Waals surface area contributed by atoms with Gasteiger partial charge in [0.05, 0.1) is 19.8 Å². The molecule has 0 radical (unpaired) electrons. The molecule has 0 aromatic rings. The predicted molar refractivity (Wildman–Crippen MR) is 106 cm³/mol. The molecule has 1 aliphatic heterocycles. The molecule has 1 heterocycles. The topological polar surface area (TPSA) is 59.0 Å². The minimum Gasteiger partial charge on any atom is -0.480 e. The van der Waals surface area contributed by atoms with Gasteiger partial charge in [0, 0.05) is 13.2 Å². The summed E-state index contributed by atoms with van der Waals surface area (Å²) in [5.74, 6) is -0.706. The van der Waals surface area contributed by atoms with Crippen LogP contribution in [0.15, 0.2) is 0 Å². The van der Waals surface area contributed by atoms with E-state index in [1.165, 1.54) is 57.8 Å². The Labute approximate surface area is 160 Å². The van der Waals surface area contributed by atoms with Crippen LogP contribution in [-0.4, -0.2) is 61.5 Å². The van der Waals surface area contributed by atoms with Crippen LogP contribution in [0.4, 0.5) is 0 Å². The van der Waals surface area contributed by atoms with Crippen molar-refractivity contribution in [1.29, 1.82) is 0 Å². The Balaban J connectivity index is 1.75. The van der Waals surface area contributed by atoms with Gasteiger partial charge >= 0.3 is 5.97 Å². The number of ether oxygens (including phenoxy) is 2. The van der Waals surface area contributed by atoms with Gasteiger partial charge in [-0.05, 0) is 25.8 Å². The quantitative estimate of drug-likeness (QED) is 0.360. The zero-order valence-electron chi connectivity index (χ0n) is 16.9. The Morgan fingerprint density at radius 2 is 1.46 bits per heavy atom. The van der Waals surface area contributed by atoms with E-state index < -0.39 is 5.97 Å². The average Bonchev–Trinajstić information content (AvgIpc) is 3.10. The summed E-state index contributed by atoms with van der Waals surface area (Å²) in [6, 6.07) is -0.314. The van der Waals surface area contributed by atoms with Gasteiger partial charge in [0.25, 0.3) is 0 Å². The normalized spacial score (nSPS) is 17.8. The molecule has 5 heteroatoms. The second-order valence-corrected chi connectivity index (χ2v) is 7.44. The van der Waals surface area contributed by atoms with Gasteiger partial charge in [-0.15, -0.1) is 0 Å². The number of unbranched alkanes of at least 4 members (excludes halogenated alkanes) is 9. The summed E-state index contributed by atoms with van der Waals surface area (Å²) in [7, 11) is 0. The van der Waals surface area contributed by atoms with E-state index in [0.717, 1.165) is 32.4 Å². The Morgan fingerprint density at radius 3 is 2.08 bits per heavy atom. The lowest BCUT2D eigenvalue weighted by Gasteiger charge is -2.20. The van der Waals surface area contributed by atoms with Crippen LogP contribution in [0.3, 0.4) is 0 Å². The number of rotatable bonds is 18. The van der Waals surface area contributed by atoms with Crippen LogP contribution in [-0.2, 0) is 14.3 Å². The molecular formula is C21H41NO4. The zero-order valence-corrected chi connectivity index (χ0v) is 16.9. The van der Waals surface area contributed by atoms with Gasteiger partial charge in [0.1, 0.15) is 6.04 Å². The van der Waals surface area contributed by atoms with Crippen LogP contribution < -0.4 is 0 Å². The Kier molecular flexibility index (Phi) is 14.9. The van der Waals surface area contributed by atoms with E-state index in [1.54, 1.807) is 0 Å². The molecule has 1 fully saturated rings. The van der Waals surface area contributed by atoms with Crippen LogP contribution in [0.25, 0.3) is 0 Å². The maximum Gasteiger partial charge on any atom is 0.320 e. The summed E-state index contributed by atoms with van der Waals surface area (Å²) in [4.78, 5) is 13.1. The molecule has 0 aromatic carbocycles. The van der Waals surface area contributed by atoms with E-state index in [1.807, 2.05) is 4.90 Å². The molecule has 0 aliphatic carbocycles. The van der Waals surface area contributed by atoms with Crippen molar-refractivity contribution in [1.82, 2.24) is 4.90 Å². The lowest BCUT2D eigenvalue weighted by atomic mass is 10.1. The minimum absolute atomic E-state index is 0.314. The number of aliphatic carboxylic acids is 1. The second-order valence-electron chi connectivity index (χ2n) is 7.44. The van der Waals surface area contributed by atoms with Crippen molar-refractivity contribution < 1.29 is 19.4 Å². The van der Waals surface area contributed by atoms with Gasteiger partial charge in [0.2, 0.25) is 0 Å². The summed E-state index contributed by atoms with van der Waals surface area (Å²) >= 11 is 0. The number of carboxylic acid groups (broad SMARTS) is 1. The third-order valence-electron chi connectivity index (χ3n) is 5.19. The maximum atomic E-state index is 11.1. The van der Waals surface area contributed by atoms with Crippen LogP contribution in [0.1, 0.15) is 84.0 Å². The molecular weight excluding hydrogens is 330 g/mol. The maximum absolute atomic E-state index is 11.1. The Hall–Kier alpha value is -0.650. The second kappa shape index (κ2) is 16.5. The highest BCUT2D eigenvalue weighted by Crippen LogP contribution is 2.16. The summed E-state index contributed by atoms with van der Waals surface area (Å²) in [6.45, 7) is 6.49. The third kappa shape index (κ3) is 11.9. The SMILES string of the molecule is CCCCCCCCCCCCOCCOCCN1CCCC1C(=O)O. The van der Waals surface area contributed by atoms with Gasteiger partial charge in [-0.3, -0.25) is 9.69 Å². The van der Waals surface area contributed by atoms with Crippen LogP contribution in [0, 0.1) is 0 Å².